The van der Waals surface area contributed by atoms with Gasteiger partial charge in [-0.2, -0.15) is 0 Å². The normalized spacial score (nSPS) is 19.3. The smallest absolute Gasteiger partial charge is 0.273 e. The Morgan fingerprint density at radius 2 is 2.35 bits per heavy atom. The minimum atomic E-state index is -0.388. The fourth-order valence-corrected chi connectivity index (χ4v) is 2.26. The summed E-state index contributed by atoms with van der Waals surface area (Å²) in [6.07, 6.45) is 1.11. The predicted octanol–water partition coefficient (Wildman–Crippen LogP) is 2.41. The number of benzene rings is 1. The maximum absolute atomic E-state index is 10.8. The number of ether oxygens (including phenoxy) is 1. The van der Waals surface area contributed by atoms with Crippen LogP contribution in [0, 0.1) is 17.0 Å². The van der Waals surface area contributed by atoms with Crippen molar-refractivity contribution in [2.24, 2.45) is 0 Å². The second kappa shape index (κ2) is 5.01. The first kappa shape index (κ1) is 12.3. The van der Waals surface area contributed by atoms with Crippen LogP contribution < -0.4 is 10.1 Å². The van der Waals surface area contributed by atoms with E-state index in [4.69, 9.17) is 4.74 Å². The van der Waals surface area contributed by atoms with E-state index < -0.39 is 0 Å². The number of rotatable bonds is 3. The van der Waals surface area contributed by atoms with E-state index >= 15 is 0 Å². The quantitative estimate of drug-likeness (QED) is 0.688. The van der Waals surface area contributed by atoms with Gasteiger partial charge in [-0.3, -0.25) is 10.1 Å². The van der Waals surface area contributed by atoms with Crippen LogP contribution in [0.3, 0.4) is 0 Å². The molecule has 0 aromatic heterocycles. The lowest BCUT2D eigenvalue weighted by Gasteiger charge is -2.14. The van der Waals surface area contributed by atoms with Gasteiger partial charge in [-0.1, -0.05) is 0 Å². The molecule has 5 nitrogen and oxygen atoms in total. The summed E-state index contributed by atoms with van der Waals surface area (Å²) in [5.74, 6) is 0.668. The molecule has 1 unspecified atom stereocenters. The highest BCUT2D eigenvalue weighted by Crippen LogP contribution is 2.33. The molecule has 2 rings (SSSR count). The van der Waals surface area contributed by atoms with Gasteiger partial charge in [0.1, 0.15) is 11.9 Å². The fourth-order valence-electron chi connectivity index (χ4n) is 1.84. The Bertz CT molecular complexity index is 445. The van der Waals surface area contributed by atoms with Crippen molar-refractivity contribution in [3.63, 3.8) is 0 Å². The molecule has 1 atom stereocenters. The summed E-state index contributed by atoms with van der Waals surface area (Å²) in [7, 11) is 0. The number of hydrogen-bond donors (Lipinski definition) is 1. The average Bonchev–Trinajstić information content (AvgIpc) is 2.75. The van der Waals surface area contributed by atoms with Gasteiger partial charge in [0.15, 0.2) is 0 Å². The predicted molar refractivity (Wildman–Crippen MR) is 67.4 cm³/mol. The van der Waals surface area contributed by atoms with Crippen LogP contribution in [0.15, 0.2) is 16.6 Å². The molecule has 1 aromatic carbocycles. The third kappa shape index (κ3) is 2.76. The molecule has 1 fully saturated rings. The monoisotopic (exact) mass is 300 g/mol. The molecule has 0 bridgehead atoms. The van der Waals surface area contributed by atoms with E-state index in [1.807, 2.05) is 0 Å². The van der Waals surface area contributed by atoms with Crippen LogP contribution in [0.4, 0.5) is 5.69 Å². The van der Waals surface area contributed by atoms with Crippen LogP contribution in [0.2, 0.25) is 0 Å². The molecule has 1 saturated heterocycles. The highest BCUT2D eigenvalue weighted by atomic mass is 79.9. The molecular weight excluding hydrogens is 288 g/mol. The Morgan fingerprint density at radius 1 is 1.59 bits per heavy atom. The average molecular weight is 301 g/mol. The Labute approximate surface area is 107 Å². The van der Waals surface area contributed by atoms with Crippen molar-refractivity contribution in [1.29, 1.82) is 0 Å². The first-order valence-corrected chi connectivity index (χ1v) is 6.19. The van der Waals surface area contributed by atoms with Crippen molar-refractivity contribution in [2.75, 3.05) is 13.1 Å². The fraction of sp³-hybridized carbons (Fsp3) is 0.455. The van der Waals surface area contributed by atoms with Crippen LogP contribution in [0.1, 0.15) is 12.0 Å². The van der Waals surface area contributed by atoms with Crippen molar-refractivity contribution in [3.8, 4) is 5.75 Å². The highest BCUT2D eigenvalue weighted by Gasteiger charge is 2.20. The van der Waals surface area contributed by atoms with E-state index in [-0.39, 0.29) is 16.7 Å². The largest absolute Gasteiger partial charge is 0.488 e. The lowest BCUT2D eigenvalue weighted by molar-refractivity contribution is -0.385. The van der Waals surface area contributed by atoms with Gasteiger partial charge in [0.2, 0.25) is 0 Å². The first-order valence-electron chi connectivity index (χ1n) is 5.40. The number of hydrogen-bond acceptors (Lipinski definition) is 4. The zero-order chi connectivity index (χ0) is 12.4. The van der Waals surface area contributed by atoms with E-state index in [1.54, 1.807) is 13.0 Å². The van der Waals surface area contributed by atoms with Crippen LogP contribution >= 0.6 is 15.9 Å². The van der Waals surface area contributed by atoms with E-state index in [2.05, 4.69) is 21.2 Å². The molecule has 0 amide bonds. The number of halogens is 1. The number of nitro groups is 1. The molecule has 92 valence electrons. The Morgan fingerprint density at radius 3 is 2.94 bits per heavy atom. The second-order valence-corrected chi connectivity index (χ2v) is 4.91. The molecule has 1 aromatic rings. The van der Waals surface area contributed by atoms with Crippen LogP contribution in [0.25, 0.3) is 0 Å². The summed E-state index contributed by atoms with van der Waals surface area (Å²) in [6.45, 7) is 3.49. The van der Waals surface area contributed by atoms with Crippen LogP contribution in [0.5, 0.6) is 5.75 Å². The highest BCUT2D eigenvalue weighted by molar-refractivity contribution is 9.10. The molecular formula is C11H13BrN2O3. The van der Waals surface area contributed by atoms with Crippen molar-refractivity contribution < 1.29 is 9.66 Å². The van der Waals surface area contributed by atoms with Crippen molar-refractivity contribution in [3.05, 3.63) is 32.3 Å². The zero-order valence-corrected chi connectivity index (χ0v) is 11.0. The molecule has 17 heavy (non-hydrogen) atoms. The van der Waals surface area contributed by atoms with E-state index in [1.165, 1.54) is 6.07 Å². The molecule has 1 heterocycles. The standard InChI is InChI=1S/C11H13BrN2O3/c1-7-4-11(17-8-2-3-13-6-8)9(12)5-10(7)14(15)16/h4-5,8,13H,2-3,6H2,1H3. The maximum Gasteiger partial charge on any atom is 0.273 e. The van der Waals surface area contributed by atoms with E-state index in [9.17, 15) is 10.1 Å². The van der Waals surface area contributed by atoms with Gasteiger partial charge in [0.25, 0.3) is 5.69 Å². The lowest BCUT2D eigenvalue weighted by atomic mass is 10.2. The van der Waals surface area contributed by atoms with Gasteiger partial charge in [-0.05, 0) is 41.9 Å². The Kier molecular flexibility index (Phi) is 3.63. The number of nitro benzene ring substituents is 1. The molecule has 1 aliphatic heterocycles. The maximum atomic E-state index is 10.8. The molecule has 0 spiro atoms. The molecule has 1 N–H and O–H groups in total. The van der Waals surface area contributed by atoms with Crippen molar-refractivity contribution in [1.82, 2.24) is 5.32 Å². The van der Waals surface area contributed by atoms with E-state index in [0.29, 0.717) is 15.8 Å². The number of aryl methyl sites for hydroxylation is 1. The number of nitrogens with zero attached hydrogens (tertiary/aromatic N) is 1. The molecule has 0 radical (unpaired) electrons. The second-order valence-electron chi connectivity index (χ2n) is 4.06. The third-order valence-electron chi connectivity index (χ3n) is 2.76. The first-order chi connectivity index (χ1) is 8.08. The van der Waals surface area contributed by atoms with Crippen LogP contribution in [-0.4, -0.2) is 24.1 Å². The topological polar surface area (TPSA) is 64.4 Å². The minimum Gasteiger partial charge on any atom is -0.488 e. The van der Waals surface area contributed by atoms with Crippen molar-refractivity contribution >= 4 is 21.6 Å². The van der Waals surface area contributed by atoms with Gasteiger partial charge in [-0.15, -0.1) is 0 Å². The lowest BCUT2D eigenvalue weighted by Crippen LogP contribution is -2.19. The Balaban J connectivity index is 2.23. The molecule has 0 aliphatic carbocycles. The molecule has 6 heteroatoms. The van der Waals surface area contributed by atoms with Gasteiger partial charge >= 0.3 is 0 Å². The summed E-state index contributed by atoms with van der Waals surface area (Å²) in [6, 6.07) is 3.20. The third-order valence-corrected chi connectivity index (χ3v) is 3.38. The van der Waals surface area contributed by atoms with E-state index in [0.717, 1.165) is 19.5 Å². The Hall–Kier alpha value is -1.14. The van der Waals surface area contributed by atoms with Crippen molar-refractivity contribution in [2.45, 2.75) is 19.4 Å². The molecule has 0 saturated carbocycles. The van der Waals surface area contributed by atoms with Gasteiger partial charge in [0.05, 0.1) is 9.40 Å². The summed E-state index contributed by atoms with van der Waals surface area (Å²) < 4.78 is 6.42. The van der Waals surface area contributed by atoms with Gasteiger partial charge in [-0.25, -0.2) is 0 Å². The summed E-state index contributed by atoms with van der Waals surface area (Å²) in [5, 5.41) is 14.0. The molecule has 1 aliphatic rings. The zero-order valence-electron chi connectivity index (χ0n) is 9.40. The van der Waals surface area contributed by atoms with Gasteiger partial charge < -0.3 is 10.1 Å². The minimum absolute atomic E-state index is 0.105. The van der Waals surface area contributed by atoms with Crippen LogP contribution in [-0.2, 0) is 0 Å². The number of nitrogens with one attached hydrogen (secondary N) is 1. The SMILES string of the molecule is Cc1cc(OC2CCNC2)c(Br)cc1[N+](=O)[O-]. The summed E-state index contributed by atoms with van der Waals surface area (Å²) in [4.78, 5) is 10.4. The summed E-state index contributed by atoms with van der Waals surface area (Å²) in [5.41, 5.74) is 0.716. The summed E-state index contributed by atoms with van der Waals surface area (Å²) >= 11 is 3.31. The van der Waals surface area contributed by atoms with Gasteiger partial charge in [0, 0.05) is 18.2 Å².